The van der Waals surface area contributed by atoms with Crippen molar-refractivity contribution in [3.05, 3.63) is 42.0 Å². The zero-order valence-electron chi connectivity index (χ0n) is 10.6. The van der Waals surface area contributed by atoms with E-state index in [0.717, 1.165) is 10.5 Å². The first-order valence-electron chi connectivity index (χ1n) is 5.84. The SMILES string of the molecule is CCOC(=O)N(CC=O)C(=O)C=Cc1ccccc1. The highest BCUT2D eigenvalue weighted by molar-refractivity contribution is 6.02. The maximum Gasteiger partial charge on any atom is 0.417 e. The summed E-state index contributed by atoms with van der Waals surface area (Å²) in [7, 11) is 0. The van der Waals surface area contributed by atoms with Gasteiger partial charge in [0.25, 0.3) is 5.91 Å². The molecule has 1 aromatic carbocycles. The highest BCUT2D eigenvalue weighted by atomic mass is 16.6. The molecule has 2 amide bonds. The number of benzene rings is 1. The van der Waals surface area contributed by atoms with Crippen LogP contribution in [0.5, 0.6) is 0 Å². The molecule has 1 rings (SSSR count). The molecular formula is C14H15NO4. The molecule has 0 spiro atoms. The second-order valence-corrected chi connectivity index (χ2v) is 3.56. The summed E-state index contributed by atoms with van der Waals surface area (Å²) in [5, 5.41) is 0. The summed E-state index contributed by atoms with van der Waals surface area (Å²) in [4.78, 5) is 34.5. The number of carbonyl (C=O) groups is 3. The number of imide groups is 1. The van der Waals surface area contributed by atoms with Crippen molar-refractivity contribution in [2.24, 2.45) is 0 Å². The summed E-state index contributed by atoms with van der Waals surface area (Å²) in [6, 6.07) is 9.16. The Bertz CT molecular complexity index is 468. The second kappa shape index (κ2) is 7.81. The number of aldehydes is 1. The summed E-state index contributed by atoms with van der Waals surface area (Å²) in [5.41, 5.74) is 0.825. The molecule has 0 aliphatic rings. The van der Waals surface area contributed by atoms with E-state index in [4.69, 9.17) is 4.74 Å². The molecule has 0 N–H and O–H groups in total. The van der Waals surface area contributed by atoms with Crippen molar-refractivity contribution < 1.29 is 19.1 Å². The normalized spacial score (nSPS) is 10.2. The van der Waals surface area contributed by atoms with Gasteiger partial charge in [0, 0.05) is 6.08 Å². The van der Waals surface area contributed by atoms with Gasteiger partial charge in [-0.3, -0.25) is 4.79 Å². The van der Waals surface area contributed by atoms with Crippen molar-refractivity contribution in [2.75, 3.05) is 13.2 Å². The summed E-state index contributed by atoms with van der Waals surface area (Å²) in [5.74, 6) is -0.589. The Morgan fingerprint density at radius 2 is 1.95 bits per heavy atom. The zero-order chi connectivity index (χ0) is 14.1. The molecule has 0 aliphatic carbocycles. The van der Waals surface area contributed by atoms with Gasteiger partial charge in [0.15, 0.2) is 0 Å². The number of nitrogens with zero attached hydrogens (tertiary/aromatic N) is 1. The molecule has 100 valence electrons. The van der Waals surface area contributed by atoms with Crippen molar-refractivity contribution in [2.45, 2.75) is 6.92 Å². The molecule has 0 aliphatic heterocycles. The summed E-state index contributed by atoms with van der Waals surface area (Å²) >= 11 is 0. The van der Waals surface area contributed by atoms with Crippen LogP contribution in [0.2, 0.25) is 0 Å². The fourth-order valence-corrected chi connectivity index (χ4v) is 1.35. The quantitative estimate of drug-likeness (QED) is 0.599. The summed E-state index contributed by atoms with van der Waals surface area (Å²) in [6.45, 7) is 1.45. The highest BCUT2D eigenvalue weighted by Gasteiger charge is 2.19. The zero-order valence-corrected chi connectivity index (χ0v) is 10.6. The molecule has 0 aromatic heterocycles. The number of hydrogen-bond acceptors (Lipinski definition) is 4. The van der Waals surface area contributed by atoms with Crippen LogP contribution >= 0.6 is 0 Å². The summed E-state index contributed by atoms with van der Waals surface area (Å²) < 4.78 is 4.70. The van der Waals surface area contributed by atoms with E-state index in [-0.39, 0.29) is 13.2 Å². The third-order valence-corrected chi connectivity index (χ3v) is 2.23. The van der Waals surface area contributed by atoms with Gasteiger partial charge in [0.2, 0.25) is 0 Å². The maximum atomic E-state index is 11.8. The number of hydrogen-bond donors (Lipinski definition) is 0. The molecule has 0 saturated carbocycles. The molecule has 5 heteroatoms. The van der Waals surface area contributed by atoms with Crippen LogP contribution in [-0.4, -0.2) is 36.3 Å². The van der Waals surface area contributed by atoms with Crippen LogP contribution in [0.25, 0.3) is 6.08 Å². The lowest BCUT2D eigenvalue weighted by Crippen LogP contribution is -2.37. The van der Waals surface area contributed by atoms with Gasteiger partial charge >= 0.3 is 6.09 Å². The molecule has 1 aromatic rings. The van der Waals surface area contributed by atoms with Crippen LogP contribution in [0, 0.1) is 0 Å². The predicted molar refractivity (Wildman–Crippen MR) is 70.3 cm³/mol. The Hall–Kier alpha value is -2.43. The third-order valence-electron chi connectivity index (χ3n) is 2.23. The average molecular weight is 261 g/mol. The number of carbonyl (C=O) groups excluding carboxylic acids is 3. The standard InChI is InChI=1S/C14H15NO4/c1-2-19-14(18)15(10-11-16)13(17)9-8-12-6-4-3-5-7-12/h3-9,11H,2,10H2,1H3. The van der Waals surface area contributed by atoms with Gasteiger partial charge in [-0.05, 0) is 18.6 Å². The molecule has 0 unspecified atom stereocenters. The van der Waals surface area contributed by atoms with E-state index in [2.05, 4.69) is 0 Å². The van der Waals surface area contributed by atoms with Crippen LogP contribution in [0.4, 0.5) is 4.79 Å². The van der Waals surface area contributed by atoms with Crippen molar-refractivity contribution in [1.82, 2.24) is 4.90 Å². The molecule has 0 fully saturated rings. The van der Waals surface area contributed by atoms with Gasteiger partial charge in [0.1, 0.15) is 6.29 Å². The van der Waals surface area contributed by atoms with Gasteiger partial charge in [-0.25, -0.2) is 9.69 Å². The molecule has 0 atom stereocenters. The highest BCUT2D eigenvalue weighted by Crippen LogP contribution is 2.03. The fourth-order valence-electron chi connectivity index (χ4n) is 1.35. The monoisotopic (exact) mass is 261 g/mol. The van der Waals surface area contributed by atoms with E-state index >= 15 is 0 Å². The van der Waals surface area contributed by atoms with Gasteiger partial charge in [-0.1, -0.05) is 30.3 Å². The molecule has 19 heavy (non-hydrogen) atoms. The molecule has 0 heterocycles. The molecule has 0 bridgehead atoms. The van der Waals surface area contributed by atoms with Crippen molar-refractivity contribution in [3.8, 4) is 0 Å². The largest absolute Gasteiger partial charge is 0.449 e. The number of amides is 2. The first-order valence-corrected chi connectivity index (χ1v) is 5.84. The first-order chi connectivity index (χ1) is 9.19. The van der Waals surface area contributed by atoms with Crippen molar-refractivity contribution >= 4 is 24.4 Å². The Balaban J connectivity index is 2.74. The van der Waals surface area contributed by atoms with Crippen LogP contribution in [0.1, 0.15) is 12.5 Å². The van der Waals surface area contributed by atoms with E-state index in [9.17, 15) is 14.4 Å². The van der Waals surface area contributed by atoms with Crippen LogP contribution in [0.15, 0.2) is 36.4 Å². The molecular weight excluding hydrogens is 246 g/mol. The summed E-state index contributed by atoms with van der Waals surface area (Å²) in [6.07, 6.45) is 2.46. The van der Waals surface area contributed by atoms with Gasteiger partial charge in [-0.2, -0.15) is 0 Å². The molecule has 5 nitrogen and oxygen atoms in total. The van der Waals surface area contributed by atoms with Gasteiger partial charge in [-0.15, -0.1) is 0 Å². The van der Waals surface area contributed by atoms with Gasteiger partial charge in [0.05, 0.1) is 13.2 Å². The lowest BCUT2D eigenvalue weighted by atomic mass is 10.2. The fraction of sp³-hybridized carbons (Fsp3) is 0.214. The third kappa shape index (κ3) is 4.75. The van der Waals surface area contributed by atoms with Crippen LogP contribution in [0.3, 0.4) is 0 Å². The minimum atomic E-state index is -0.822. The smallest absolute Gasteiger partial charge is 0.417 e. The van der Waals surface area contributed by atoms with E-state index in [1.807, 2.05) is 30.3 Å². The van der Waals surface area contributed by atoms with Crippen LogP contribution in [-0.2, 0) is 14.3 Å². The Labute approximate surface area is 111 Å². The minimum Gasteiger partial charge on any atom is -0.449 e. The number of ether oxygens (including phenoxy) is 1. The van der Waals surface area contributed by atoms with Crippen molar-refractivity contribution in [1.29, 1.82) is 0 Å². The van der Waals surface area contributed by atoms with Crippen molar-refractivity contribution in [3.63, 3.8) is 0 Å². The minimum absolute atomic E-state index is 0.143. The first kappa shape index (κ1) is 14.6. The molecule has 0 radical (unpaired) electrons. The Morgan fingerprint density at radius 3 is 2.53 bits per heavy atom. The van der Waals surface area contributed by atoms with Crippen LogP contribution < -0.4 is 0 Å². The van der Waals surface area contributed by atoms with Gasteiger partial charge < -0.3 is 9.53 Å². The number of rotatable bonds is 5. The van der Waals surface area contributed by atoms with E-state index < -0.39 is 12.0 Å². The predicted octanol–water partition coefficient (Wildman–Crippen LogP) is 1.88. The second-order valence-electron chi connectivity index (χ2n) is 3.56. The lowest BCUT2D eigenvalue weighted by molar-refractivity contribution is -0.126. The molecule has 0 saturated heterocycles. The van der Waals surface area contributed by atoms with E-state index in [0.29, 0.717) is 6.29 Å². The maximum absolute atomic E-state index is 11.8. The average Bonchev–Trinajstić information content (AvgIpc) is 2.43. The van der Waals surface area contributed by atoms with E-state index in [1.54, 1.807) is 13.0 Å². The van der Waals surface area contributed by atoms with E-state index in [1.165, 1.54) is 6.08 Å². The Kier molecular flexibility index (Phi) is 6.02. The topological polar surface area (TPSA) is 63.7 Å². The Morgan fingerprint density at radius 1 is 1.26 bits per heavy atom. The lowest BCUT2D eigenvalue weighted by Gasteiger charge is -2.15.